The molecule has 0 aromatic rings. The number of likely N-dealkylation sites (tertiary alicyclic amines) is 1. The van der Waals surface area contributed by atoms with E-state index in [0.717, 1.165) is 0 Å². The maximum absolute atomic E-state index is 2.26. The molecule has 0 atom stereocenters. The molecule has 62 valence electrons. The lowest BCUT2D eigenvalue weighted by molar-refractivity contribution is -0.866. The third-order valence-corrected chi connectivity index (χ3v) is 1.96. The molecular weight excluding hydrogens is 122 g/mol. The zero-order valence-corrected chi connectivity index (χ0v) is 7.74. The molecule has 0 aromatic carbocycles. The van der Waals surface area contributed by atoms with Crippen LogP contribution >= 0.6 is 0 Å². The first-order valence-electron chi connectivity index (χ1n) is 4.62. The van der Waals surface area contributed by atoms with E-state index >= 15 is 0 Å². The van der Waals surface area contributed by atoms with Gasteiger partial charge in [-0.3, -0.25) is 0 Å². The summed E-state index contributed by atoms with van der Waals surface area (Å²) in [4.78, 5) is 1.70. The fourth-order valence-corrected chi connectivity index (χ4v) is 0.979. The summed E-state index contributed by atoms with van der Waals surface area (Å²) in [5.41, 5.74) is 0. The molecule has 1 heteroatoms. The van der Waals surface area contributed by atoms with E-state index in [1.165, 1.54) is 38.8 Å². The van der Waals surface area contributed by atoms with Crippen LogP contribution in [0.1, 0.15) is 39.5 Å². The summed E-state index contributed by atoms with van der Waals surface area (Å²) in [6, 6.07) is 0. The molecule has 1 heterocycles. The lowest BCUT2D eigenvalue weighted by atomic mass is 10.4. The van der Waals surface area contributed by atoms with Crippen LogP contribution in [0.3, 0.4) is 0 Å². The first kappa shape index (κ1) is 9.96. The van der Waals surface area contributed by atoms with Crippen molar-refractivity contribution in [2.75, 3.05) is 20.1 Å². The summed E-state index contributed by atoms with van der Waals surface area (Å²) in [5.74, 6) is 0. The van der Waals surface area contributed by atoms with E-state index < -0.39 is 0 Å². The molecule has 0 amide bonds. The standard InChI is InChI=1S/C5H11N.C4H10/c1-6-4-2-3-5-6;1-3-4-2/h2-5H2,1H3;3-4H2,1-2H3/p+1. The fraction of sp³-hybridized carbons (Fsp3) is 1.00. The van der Waals surface area contributed by atoms with E-state index in [4.69, 9.17) is 0 Å². The summed E-state index contributed by atoms with van der Waals surface area (Å²) in [6.07, 6.45) is 5.54. The molecule has 1 rings (SSSR count). The molecule has 1 saturated heterocycles. The summed E-state index contributed by atoms with van der Waals surface area (Å²) in [6.45, 7) is 7.17. The second-order valence-corrected chi connectivity index (χ2v) is 3.16. The molecule has 0 bridgehead atoms. The first-order valence-corrected chi connectivity index (χ1v) is 4.62. The Morgan fingerprint density at radius 3 is 1.50 bits per heavy atom. The van der Waals surface area contributed by atoms with Gasteiger partial charge in [-0.25, -0.2) is 0 Å². The second-order valence-electron chi connectivity index (χ2n) is 3.16. The maximum atomic E-state index is 2.26. The molecule has 1 N–H and O–H groups in total. The van der Waals surface area contributed by atoms with Crippen LogP contribution in [0.5, 0.6) is 0 Å². The van der Waals surface area contributed by atoms with Gasteiger partial charge in [0.1, 0.15) is 0 Å². The van der Waals surface area contributed by atoms with Crippen molar-refractivity contribution < 1.29 is 4.90 Å². The highest BCUT2D eigenvalue weighted by Crippen LogP contribution is 1.84. The Labute approximate surface area is 65.4 Å². The van der Waals surface area contributed by atoms with Crippen molar-refractivity contribution in [3.63, 3.8) is 0 Å². The largest absolute Gasteiger partial charge is 0.337 e. The van der Waals surface area contributed by atoms with E-state index in [1.54, 1.807) is 4.90 Å². The lowest BCUT2D eigenvalue weighted by Gasteiger charge is -1.98. The van der Waals surface area contributed by atoms with Crippen molar-refractivity contribution in [3.05, 3.63) is 0 Å². The van der Waals surface area contributed by atoms with E-state index in [2.05, 4.69) is 20.9 Å². The zero-order chi connectivity index (χ0) is 7.82. The van der Waals surface area contributed by atoms with Gasteiger partial charge in [-0.2, -0.15) is 0 Å². The number of unbranched alkanes of at least 4 members (excludes halogenated alkanes) is 1. The van der Waals surface area contributed by atoms with Gasteiger partial charge in [-0.15, -0.1) is 0 Å². The van der Waals surface area contributed by atoms with Gasteiger partial charge in [0.2, 0.25) is 0 Å². The van der Waals surface area contributed by atoms with Crippen molar-refractivity contribution >= 4 is 0 Å². The smallest absolute Gasteiger partial charge is 0.0771 e. The van der Waals surface area contributed by atoms with Crippen molar-refractivity contribution in [1.82, 2.24) is 0 Å². The van der Waals surface area contributed by atoms with Gasteiger partial charge < -0.3 is 4.90 Å². The minimum atomic E-state index is 1.32. The van der Waals surface area contributed by atoms with Crippen molar-refractivity contribution in [2.24, 2.45) is 0 Å². The SMILES string of the molecule is CCCC.C[NH+]1CCCC1. The van der Waals surface area contributed by atoms with Crippen LogP contribution in [0, 0.1) is 0 Å². The Morgan fingerprint density at radius 1 is 1.00 bits per heavy atom. The molecular formula is C9H22N+. The third kappa shape index (κ3) is 6.09. The predicted octanol–water partition coefficient (Wildman–Crippen LogP) is 1.10. The van der Waals surface area contributed by atoms with E-state index in [-0.39, 0.29) is 0 Å². The molecule has 1 nitrogen and oxygen atoms in total. The van der Waals surface area contributed by atoms with Crippen molar-refractivity contribution in [1.29, 1.82) is 0 Å². The molecule has 1 fully saturated rings. The molecule has 0 unspecified atom stereocenters. The first-order chi connectivity index (χ1) is 4.81. The zero-order valence-electron chi connectivity index (χ0n) is 7.74. The Bertz CT molecular complexity index is 53.7. The summed E-state index contributed by atoms with van der Waals surface area (Å²) in [7, 11) is 2.26. The fourth-order valence-electron chi connectivity index (χ4n) is 0.979. The summed E-state index contributed by atoms with van der Waals surface area (Å²) < 4.78 is 0. The highest BCUT2D eigenvalue weighted by molar-refractivity contribution is 4.40. The normalized spacial score (nSPS) is 18.3. The number of rotatable bonds is 1. The highest BCUT2D eigenvalue weighted by Gasteiger charge is 2.07. The van der Waals surface area contributed by atoms with Crippen LogP contribution < -0.4 is 4.90 Å². The van der Waals surface area contributed by atoms with Crippen LogP contribution in [0.4, 0.5) is 0 Å². The number of nitrogens with one attached hydrogen (secondary N) is 1. The van der Waals surface area contributed by atoms with E-state index in [9.17, 15) is 0 Å². The summed E-state index contributed by atoms with van der Waals surface area (Å²) in [5, 5.41) is 0. The maximum Gasteiger partial charge on any atom is 0.0771 e. The van der Waals surface area contributed by atoms with Gasteiger partial charge in [0.25, 0.3) is 0 Å². The van der Waals surface area contributed by atoms with Gasteiger partial charge >= 0.3 is 0 Å². The predicted molar refractivity (Wildman–Crippen MR) is 46.4 cm³/mol. The quantitative estimate of drug-likeness (QED) is 0.562. The minimum Gasteiger partial charge on any atom is -0.337 e. The molecule has 0 aliphatic carbocycles. The summed E-state index contributed by atoms with van der Waals surface area (Å²) >= 11 is 0. The Balaban J connectivity index is 0.000000180. The van der Waals surface area contributed by atoms with Crippen molar-refractivity contribution in [3.8, 4) is 0 Å². The van der Waals surface area contributed by atoms with E-state index in [0.29, 0.717) is 0 Å². The Hall–Kier alpha value is -0.0400. The molecule has 1 aliphatic rings. The Kier molecular flexibility index (Phi) is 7.04. The molecule has 10 heavy (non-hydrogen) atoms. The van der Waals surface area contributed by atoms with Gasteiger partial charge in [-0.1, -0.05) is 26.7 Å². The highest BCUT2D eigenvalue weighted by atomic mass is 15.1. The van der Waals surface area contributed by atoms with Crippen molar-refractivity contribution in [2.45, 2.75) is 39.5 Å². The number of quaternary nitrogens is 1. The van der Waals surface area contributed by atoms with Crippen LogP contribution in [-0.4, -0.2) is 20.1 Å². The molecule has 0 spiro atoms. The molecule has 0 radical (unpaired) electrons. The third-order valence-electron chi connectivity index (χ3n) is 1.96. The van der Waals surface area contributed by atoms with Gasteiger partial charge in [0.05, 0.1) is 20.1 Å². The van der Waals surface area contributed by atoms with E-state index in [1.807, 2.05) is 0 Å². The second kappa shape index (κ2) is 7.07. The Morgan fingerprint density at radius 2 is 1.40 bits per heavy atom. The van der Waals surface area contributed by atoms with Crippen LogP contribution in [-0.2, 0) is 0 Å². The lowest BCUT2D eigenvalue weighted by Crippen LogP contribution is -3.06. The average Bonchev–Trinajstić information content (AvgIpc) is 2.40. The number of hydrogen-bond acceptors (Lipinski definition) is 0. The van der Waals surface area contributed by atoms with Crippen LogP contribution in [0.2, 0.25) is 0 Å². The van der Waals surface area contributed by atoms with Crippen LogP contribution in [0.15, 0.2) is 0 Å². The average molecular weight is 144 g/mol. The minimum absolute atomic E-state index is 1.32. The monoisotopic (exact) mass is 144 g/mol. The van der Waals surface area contributed by atoms with Gasteiger partial charge in [0, 0.05) is 12.8 Å². The topological polar surface area (TPSA) is 4.44 Å². The number of hydrogen-bond donors (Lipinski definition) is 1. The molecule has 0 aromatic heterocycles. The molecule has 0 saturated carbocycles. The molecule has 1 aliphatic heterocycles. The van der Waals surface area contributed by atoms with Crippen LogP contribution in [0.25, 0.3) is 0 Å². The van der Waals surface area contributed by atoms with Gasteiger partial charge in [-0.05, 0) is 0 Å². The van der Waals surface area contributed by atoms with Gasteiger partial charge in [0.15, 0.2) is 0 Å².